The van der Waals surface area contributed by atoms with Crippen molar-refractivity contribution in [1.29, 1.82) is 0 Å². The molecule has 2 aromatic rings. The van der Waals surface area contributed by atoms with E-state index in [4.69, 9.17) is 16.3 Å². The van der Waals surface area contributed by atoms with Gasteiger partial charge in [-0.15, -0.1) is 10.2 Å². The first-order chi connectivity index (χ1) is 6.22. The van der Waals surface area contributed by atoms with Crippen LogP contribution in [0.2, 0.25) is 5.15 Å². The standard InChI is InChI=1S/C7H7ClN4O/c1-12-3-4-5(11-12)7(13-2)10-9-6(4)8/h3H,1-2H3. The summed E-state index contributed by atoms with van der Waals surface area (Å²) < 4.78 is 6.63. The van der Waals surface area contributed by atoms with E-state index in [9.17, 15) is 0 Å². The molecule has 2 rings (SSSR count). The second-order valence-corrected chi connectivity index (χ2v) is 2.92. The Balaban J connectivity index is 2.83. The van der Waals surface area contributed by atoms with Gasteiger partial charge in [-0.1, -0.05) is 11.6 Å². The summed E-state index contributed by atoms with van der Waals surface area (Å²) in [5, 5.41) is 12.7. The summed E-state index contributed by atoms with van der Waals surface area (Å²) in [5.41, 5.74) is 0.630. The molecule has 0 aliphatic carbocycles. The molecule has 5 nitrogen and oxygen atoms in total. The second-order valence-electron chi connectivity index (χ2n) is 2.57. The van der Waals surface area contributed by atoms with Gasteiger partial charge in [-0.25, -0.2) is 0 Å². The smallest absolute Gasteiger partial charge is 0.262 e. The maximum absolute atomic E-state index is 5.82. The van der Waals surface area contributed by atoms with E-state index >= 15 is 0 Å². The van der Waals surface area contributed by atoms with Crippen molar-refractivity contribution in [3.63, 3.8) is 0 Å². The van der Waals surface area contributed by atoms with Crippen molar-refractivity contribution in [2.75, 3.05) is 7.11 Å². The quantitative estimate of drug-likeness (QED) is 0.687. The molecule has 0 fully saturated rings. The van der Waals surface area contributed by atoms with Crippen LogP contribution in [0.15, 0.2) is 6.20 Å². The molecule has 0 radical (unpaired) electrons. The molecule has 2 aromatic heterocycles. The Morgan fingerprint density at radius 2 is 2.23 bits per heavy atom. The number of nitrogens with zero attached hydrogens (tertiary/aromatic N) is 4. The lowest BCUT2D eigenvalue weighted by molar-refractivity contribution is 0.396. The molecule has 68 valence electrons. The molecule has 0 saturated heterocycles. The second kappa shape index (κ2) is 2.85. The zero-order valence-electron chi connectivity index (χ0n) is 7.15. The van der Waals surface area contributed by atoms with Gasteiger partial charge >= 0.3 is 0 Å². The Hall–Kier alpha value is -1.36. The van der Waals surface area contributed by atoms with E-state index in [1.165, 1.54) is 7.11 Å². The van der Waals surface area contributed by atoms with Gasteiger partial charge in [0.05, 0.1) is 12.5 Å². The molecule has 6 heteroatoms. The lowest BCUT2D eigenvalue weighted by Crippen LogP contribution is -1.92. The number of halogens is 1. The van der Waals surface area contributed by atoms with Gasteiger partial charge in [-0.2, -0.15) is 5.10 Å². The van der Waals surface area contributed by atoms with Crippen LogP contribution in [-0.4, -0.2) is 27.1 Å². The van der Waals surface area contributed by atoms with Crippen molar-refractivity contribution in [2.24, 2.45) is 7.05 Å². The molecular formula is C7H7ClN4O. The highest BCUT2D eigenvalue weighted by atomic mass is 35.5. The van der Waals surface area contributed by atoms with Crippen LogP contribution in [0, 0.1) is 0 Å². The molecule has 2 heterocycles. The Morgan fingerprint density at radius 3 is 2.92 bits per heavy atom. The summed E-state index contributed by atoms with van der Waals surface area (Å²) in [4.78, 5) is 0. The van der Waals surface area contributed by atoms with Crippen LogP contribution in [0.5, 0.6) is 5.88 Å². The summed E-state index contributed by atoms with van der Waals surface area (Å²) in [6.45, 7) is 0. The summed E-state index contributed by atoms with van der Waals surface area (Å²) in [7, 11) is 3.32. The largest absolute Gasteiger partial charge is 0.478 e. The van der Waals surface area contributed by atoms with E-state index in [0.29, 0.717) is 16.5 Å². The van der Waals surface area contributed by atoms with Crippen molar-refractivity contribution >= 4 is 22.5 Å². The Kier molecular flexibility index (Phi) is 1.81. The minimum atomic E-state index is 0.337. The van der Waals surface area contributed by atoms with Gasteiger partial charge in [0, 0.05) is 13.2 Å². The van der Waals surface area contributed by atoms with Crippen molar-refractivity contribution in [3.8, 4) is 5.88 Å². The Bertz CT molecular complexity index is 453. The van der Waals surface area contributed by atoms with Gasteiger partial charge in [0.15, 0.2) is 10.7 Å². The first kappa shape index (κ1) is 8.25. The highest BCUT2D eigenvalue weighted by Crippen LogP contribution is 2.25. The fourth-order valence-corrected chi connectivity index (χ4v) is 1.30. The first-order valence-electron chi connectivity index (χ1n) is 3.62. The summed E-state index contributed by atoms with van der Waals surface area (Å²) in [5.74, 6) is 0.389. The van der Waals surface area contributed by atoms with Crippen molar-refractivity contribution in [2.45, 2.75) is 0 Å². The third-order valence-corrected chi connectivity index (χ3v) is 1.95. The number of aromatic nitrogens is 4. The third-order valence-electron chi connectivity index (χ3n) is 1.68. The molecule has 0 N–H and O–H groups in total. The predicted octanol–water partition coefficient (Wildman–Crippen LogP) is 1.03. The molecule has 0 aromatic carbocycles. The van der Waals surface area contributed by atoms with Crippen LogP contribution in [0.25, 0.3) is 10.9 Å². The highest BCUT2D eigenvalue weighted by molar-refractivity contribution is 6.34. The molecule has 0 aliphatic rings. The highest BCUT2D eigenvalue weighted by Gasteiger charge is 2.11. The summed E-state index contributed by atoms with van der Waals surface area (Å²) in [6, 6.07) is 0. The molecule has 0 amide bonds. The maximum atomic E-state index is 5.82. The lowest BCUT2D eigenvalue weighted by Gasteiger charge is -1.97. The number of methoxy groups -OCH3 is 1. The van der Waals surface area contributed by atoms with E-state index in [1.807, 2.05) is 0 Å². The van der Waals surface area contributed by atoms with E-state index < -0.39 is 0 Å². The third kappa shape index (κ3) is 1.21. The van der Waals surface area contributed by atoms with Gasteiger partial charge < -0.3 is 4.74 Å². The first-order valence-corrected chi connectivity index (χ1v) is 3.99. The molecule has 0 aliphatic heterocycles. The number of rotatable bonds is 1. The zero-order chi connectivity index (χ0) is 9.42. The van der Waals surface area contributed by atoms with Crippen molar-refractivity contribution in [3.05, 3.63) is 11.3 Å². The van der Waals surface area contributed by atoms with Crippen molar-refractivity contribution in [1.82, 2.24) is 20.0 Å². The number of ether oxygens (including phenoxy) is 1. The summed E-state index contributed by atoms with van der Waals surface area (Å²) >= 11 is 5.82. The fraction of sp³-hybridized carbons (Fsp3) is 0.286. The number of aryl methyl sites for hydroxylation is 1. The minimum absolute atomic E-state index is 0.337. The normalized spacial score (nSPS) is 10.7. The minimum Gasteiger partial charge on any atom is -0.478 e. The summed E-state index contributed by atoms with van der Waals surface area (Å²) in [6.07, 6.45) is 1.77. The van der Waals surface area contributed by atoms with Crippen LogP contribution in [-0.2, 0) is 7.05 Å². The number of hydrogen-bond acceptors (Lipinski definition) is 4. The lowest BCUT2D eigenvalue weighted by atomic mass is 10.4. The molecule has 0 saturated carbocycles. The van der Waals surface area contributed by atoms with Gasteiger partial charge in [0.25, 0.3) is 5.88 Å². The maximum Gasteiger partial charge on any atom is 0.262 e. The molecular weight excluding hydrogens is 192 g/mol. The van der Waals surface area contributed by atoms with E-state index in [1.54, 1.807) is 17.9 Å². The van der Waals surface area contributed by atoms with Crippen LogP contribution >= 0.6 is 11.6 Å². The monoisotopic (exact) mass is 198 g/mol. The van der Waals surface area contributed by atoms with Crippen LogP contribution < -0.4 is 4.74 Å². The topological polar surface area (TPSA) is 52.8 Å². The average molecular weight is 199 g/mol. The number of fused-ring (bicyclic) bond motifs is 1. The molecule has 0 bridgehead atoms. The average Bonchev–Trinajstić information content (AvgIpc) is 2.48. The number of hydrogen-bond donors (Lipinski definition) is 0. The molecule has 0 spiro atoms. The van der Waals surface area contributed by atoms with Crippen LogP contribution in [0.4, 0.5) is 0 Å². The van der Waals surface area contributed by atoms with Gasteiger partial charge in [-0.05, 0) is 0 Å². The van der Waals surface area contributed by atoms with Crippen LogP contribution in [0.3, 0.4) is 0 Å². The van der Waals surface area contributed by atoms with Gasteiger partial charge in [0.1, 0.15) is 0 Å². The zero-order valence-corrected chi connectivity index (χ0v) is 7.91. The van der Waals surface area contributed by atoms with Gasteiger partial charge in [-0.3, -0.25) is 4.68 Å². The Morgan fingerprint density at radius 1 is 1.46 bits per heavy atom. The predicted molar refractivity (Wildman–Crippen MR) is 47.9 cm³/mol. The molecule has 0 atom stereocenters. The van der Waals surface area contributed by atoms with Gasteiger partial charge in [0.2, 0.25) is 0 Å². The van der Waals surface area contributed by atoms with E-state index in [-0.39, 0.29) is 0 Å². The van der Waals surface area contributed by atoms with E-state index in [0.717, 1.165) is 5.39 Å². The SMILES string of the molecule is COc1nnc(Cl)c2cn(C)nc12. The van der Waals surface area contributed by atoms with E-state index in [2.05, 4.69) is 15.3 Å². The Labute approximate surface area is 79.3 Å². The fourth-order valence-electron chi connectivity index (χ4n) is 1.13. The molecule has 13 heavy (non-hydrogen) atoms. The van der Waals surface area contributed by atoms with Crippen LogP contribution in [0.1, 0.15) is 0 Å². The van der Waals surface area contributed by atoms with Crippen molar-refractivity contribution < 1.29 is 4.74 Å². The molecule has 0 unspecified atom stereocenters.